The highest BCUT2D eigenvalue weighted by Gasteiger charge is 2.45. The maximum Gasteiger partial charge on any atom is 0.264 e. The average Bonchev–Trinajstić information content (AvgIpc) is 3.44. The second-order valence-electron chi connectivity index (χ2n) is 8.96. The number of aromatic nitrogens is 1. The van der Waals surface area contributed by atoms with E-state index in [0.717, 1.165) is 26.1 Å². The monoisotopic (exact) mass is 518 g/mol. The quantitative estimate of drug-likeness (QED) is 0.457. The molecule has 6 rings (SSSR count). The number of ether oxygens (including phenoxy) is 2. The minimum Gasteiger partial charge on any atom is -0.486 e. The molecule has 0 spiro atoms. The van der Waals surface area contributed by atoms with Crippen molar-refractivity contribution < 1.29 is 28.7 Å². The third-order valence-electron chi connectivity index (χ3n) is 6.49. The maximum atomic E-state index is 13.2. The number of hydrogen-bond donors (Lipinski definition) is 2. The Balaban J connectivity index is 1.15. The molecule has 1 atom stereocenters. The molecule has 0 saturated carbocycles. The molecular weight excluding hydrogens is 496 g/mol. The van der Waals surface area contributed by atoms with Gasteiger partial charge in [-0.15, -0.1) is 11.3 Å². The van der Waals surface area contributed by atoms with Crippen molar-refractivity contribution in [1.82, 2.24) is 15.2 Å². The molecule has 4 amide bonds. The second kappa shape index (κ2) is 9.41. The molecule has 1 aromatic heterocycles. The Morgan fingerprint density at radius 2 is 1.89 bits per heavy atom. The van der Waals surface area contributed by atoms with Crippen molar-refractivity contribution in [1.29, 1.82) is 0 Å². The molecule has 2 fully saturated rings. The lowest BCUT2D eigenvalue weighted by Gasteiger charge is -2.27. The molecule has 3 aromatic rings. The van der Waals surface area contributed by atoms with E-state index < -0.39 is 29.7 Å². The van der Waals surface area contributed by atoms with Crippen molar-refractivity contribution in [2.45, 2.75) is 31.5 Å². The molecule has 0 radical (unpaired) electrons. The number of nitrogens with one attached hydrogen (secondary N) is 2. The van der Waals surface area contributed by atoms with Gasteiger partial charge in [-0.3, -0.25) is 29.4 Å². The van der Waals surface area contributed by atoms with Crippen molar-refractivity contribution >= 4 is 40.7 Å². The van der Waals surface area contributed by atoms with Gasteiger partial charge in [-0.2, -0.15) is 0 Å². The standard InChI is InChI=1S/C26H22N4O6S/c31-21-9-8-20(23(32)29-21)30-25(33)18-2-1-3-19(22(18)26(30)34)27-10-17-11-28-24(37-17)14-4-6-15(7-5-14)36-16-12-35-13-16/h1-7,11,16,20,27H,8-10,12-13H2,(H,29,31,32). The summed E-state index contributed by atoms with van der Waals surface area (Å²) in [5.74, 6) is -1.32. The normalized spacial score (nSPS) is 19.5. The fourth-order valence-corrected chi connectivity index (χ4v) is 5.38. The minimum absolute atomic E-state index is 0.0772. The van der Waals surface area contributed by atoms with Crippen LogP contribution in [-0.2, 0) is 20.9 Å². The van der Waals surface area contributed by atoms with Gasteiger partial charge in [0.2, 0.25) is 11.8 Å². The summed E-state index contributed by atoms with van der Waals surface area (Å²) in [7, 11) is 0. The molecule has 11 heteroatoms. The van der Waals surface area contributed by atoms with Gasteiger partial charge in [0.05, 0.1) is 30.9 Å². The lowest BCUT2D eigenvalue weighted by atomic mass is 10.0. The summed E-state index contributed by atoms with van der Waals surface area (Å²) >= 11 is 1.52. The Morgan fingerprint density at radius 1 is 1.08 bits per heavy atom. The summed E-state index contributed by atoms with van der Waals surface area (Å²) in [5.41, 5.74) is 1.94. The van der Waals surface area contributed by atoms with Crippen molar-refractivity contribution in [3.8, 4) is 16.3 Å². The predicted octanol–water partition coefficient (Wildman–Crippen LogP) is 2.60. The average molecular weight is 519 g/mol. The first-order valence-corrected chi connectivity index (χ1v) is 12.7. The third-order valence-corrected chi connectivity index (χ3v) is 7.53. The number of hydrogen-bond acceptors (Lipinski definition) is 9. The number of carbonyl (C=O) groups excluding carboxylic acids is 4. The van der Waals surface area contributed by atoms with Gasteiger partial charge in [0.1, 0.15) is 22.9 Å². The number of thiazole rings is 1. The van der Waals surface area contributed by atoms with Gasteiger partial charge in [0.25, 0.3) is 11.8 Å². The highest BCUT2D eigenvalue weighted by molar-refractivity contribution is 7.15. The van der Waals surface area contributed by atoms with E-state index in [4.69, 9.17) is 9.47 Å². The summed E-state index contributed by atoms with van der Waals surface area (Å²) in [6.07, 6.45) is 2.08. The molecular formula is C26H22N4O6S. The first-order valence-electron chi connectivity index (χ1n) is 11.9. The molecule has 3 aliphatic heterocycles. The fourth-order valence-electron chi connectivity index (χ4n) is 4.52. The predicted molar refractivity (Wildman–Crippen MR) is 133 cm³/mol. The molecule has 2 saturated heterocycles. The van der Waals surface area contributed by atoms with Crippen LogP contribution in [0.25, 0.3) is 10.6 Å². The van der Waals surface area contributed by atoms with Crippen LogP contribution in [-0.4, -0.2) is 58.9 Å². The molecule has 0 bridgehead atoms. The van der Waals surface area contributed by atoms with Crippen LogP contribution >= 0.6 is 11.3 Å². The van der Waals surface area contributed by atoms with Gasteiger partial charge in [0, 0.05) is 28.7 Å². The van der Waals surface area contributed by atoms with Crippen molar-refractivity contribution in [2.24, 2.45) is 0 Å². The number of imide groups is 2. The topological polar surface area (TPSA) is 127 Å². The number of fused-ring (bicyclic) bond motifs is 1. The molecule has 10 nitrogen and oxygen atoms in total. The van der Waals surface area contributed by atoms with Crippen LogP contribution in [0.3, 0.4) is 0 Å². The van der Waals surface area contributed by atoms with E-state index in [-0.39, 0.29) is 30.1 Å². The first kappa shape index (κ1) is 23.3. The smallest absolute Gasteiger partial charge is 0.264 e. The molecule has 2 N–H and O–H groups in total. The number of carbonyl (C=O) groups is 4. The SMILES string of the molecule is O=C1CCC(N2C(=O)c3cccc(NCc4cnc(-c5ccc(OC6COC6)cc5)s4)c3C2=O)C(=O)N1. The van der Waals surface area contributed by atoms with Gasteiger partial charge >= 0.3 is 0 Å². The molecule has 3 aliphatic rings. The molecule has 1 unspecified atom stereocenters. The highest BCUT2D eigenvalue weighted by atomic mass is 32.1. The summed E-state index contributed by atoms with van der Waals surface area (Å²) < 4.78 is 10.9. The molecule has 188 valence electrons. The minimum atomic E-state index is -0.999. The number of rotatable bonds is 7. The van der Waals surface area contributed by atoms with Crippen LogP contribution in [0, 0.1) is 0 Å². The molecule has 0 aliphatic carbocycles. The van der Waals surface area contributed by atoms with Gasteiger partial charge in [-0.05, 0) is 42.8 Å². The molecule has 4 heterocycles. The Kier molecular flexibility index (Phi) is 5.93. The van der Waals surface area contributed by atoms with Crippen LogP contribution in [0.1, 0.15) is 38.4 Å². The van der Waals surface area contributed by atoms with Crippen molar-refractivity contribution in [2.75, 3.05) is 18.5 Å². The Morgan fingerprint density at radius 3 is 2.62 bits per heavy atom. The number of benzene rings is 2. The van der Waals surface area contributed by atoms with E-state index >= 15 is 0 Å². The Labute approximate surface area is 215 Å². The maximum absolute atomic E-state index is 13.2. The van der Waals surface area contributed by atoms with Crippen LogP contribution in [0.15, 0.2) is 48.7 Å². The third kappa shape index (κ3) is 4.36. The zero-order valence-corrected chi connectivity index (χ0v) is 20.4. The van der Waals surface area contributed by atoms with Crippen LogP contribution < -0.4 is 15.4 Å². The van der Waals surface area contributed by atoms with E-state index in [1.807, 2.05) is 24.3 Å². The van der Waals surface area contributed by atoms with E-state index in [0.29, 0.717) is 25.4 Å². The zero-order chi connectivity index (χ0) is 25.5. The summed E-state index contributed by atoms with van der Waals surface area (Å²) in [5, 5.41) is 6.31. The van der Waals surface area contributed by atoms with E-state index in [1.165, 1.54) is 11.3 Å². The first-order chi connectivity index (χ1) is 18.0. The van der Waals surface area contributed by atoms with Gasteiger partial charge in [-0.25, -0.2) is 4.98 Å². The highest BCUT2D eigenvalue weighted by Crippen LogP contribution is 2.33. The van der Waals surface area contributed by atoms with Gasteiger partial charge in [0.15, 0.2) is 0 Å². The Hall–Kier alpha value is -4.09. The zero-order valence-electron chi connectivity index (χ0n) is 19.6. The molecule has 37 heavy (non-hydrogen) atoms. The number of piperidine rings is 1. The Bertz CT molecular complexity index is 1410. The van der Waals surface area contributed by atoms with Crippen LogP contribution in [0.5, 0.6) is 5.75 Å². The summed E-state index contributed by atoms with van der Waals surface area (Å²) in [6, 6.07) is 11.7. The number of amides is 4. The second-order valence-corrected chi connectivity index (χ2v) is 10.1. The van der Waals surface area contributed by atoms with Crippen molar-refractivity contribution in [3.05, 3.63) is 64.7 Å². The van der Waals surface area contributed by atoms with E-state index in [2.05, 4.69) is 15.6 Å². The van der Waals surface area contributed by atoms with E-state index in [1.54, 1.807) is 24.4 Å². The molecule has 2 aromatic carbocycles. The van der Waals surface area contributed by atoms with Gasteiger partial charge < -0.3 is 14.8 Å². The largest absolute Gasteiger partial charge is 0.486 e. The van der Waals surface area contributed by atoms with Crippen LogP contribution in [0.4, 0.5) is 5.69 Å². The lowest BCUT2D eigenvalue weighted by molar-refractivity contribution is -0.136. The van der Waals surface area contributed by atoms with Crippen molar-refractivity contribution in [3.63, 3.8) is 0 Å². The van der Waals surface area contributed by atoms with Gasteiger partial charge in [-0.1, -0.05) is 6.07 Å². The number of anilines is 1. The van der Waals surface area contributed by atoms with E-state index in [9.17, 15) is 19.2 Å². The number of nitrogens with zero attached hydrogens (tertiary/aromatic N) is 2. The summed E-state index contributed by atoms with van der Waals surface area (Å²) in [6.45, 7) is 1.63. The van der Waals surface area contributed by atoms with Crippen LogP contribution in [0.2, 0.25) is 0 Å². The summed E-state index contributed by atoms with van der Waals surface area (Å²) in [4.78, 5) is 56.5. The lowest BCUT2D eigenvalue weighted by Crippen LogP contribution is -2.54. The fraction of sp³-hybridized carbons (Fsp3) is 0.269.